The molecule has 0 fully saturated rings. The lowest BCUT2D eigenvalue weighted by Crippen LogP contribution is -2.39. The molecule has 0 aliphatic rings. The van der Waals surface area contributed by atoms with Crippen molar-refractivity contribution in [3.05, 3.63) is 192 Å². The smallest absolute Gasteiger partial charge is 0.0991 e. The van der Waals surface area contributed by atoms with Gasteiger partial charge in [-0.05, 0) is 75.8 Å². The van der Waals surface area contributed by atoms with E-state index in [0.717, 1.165) is 39.2 Å². The molecule has 7 aromatic carbocycles. The average Bonchev–Trinajstić information content (AvgIpc) is 3.60. The van der Waals surface area contributed by atoms with Crippen molar-refractivity contribution in [2.75, 3.05) is 5.32 Å². The third-order valence-electron chi connectivity index (χ3n) is 9.42. The number of fused-ring (bicyclic) bond motifs is 3. The van der Waals surface area contributed by atoms with Crippen molar-refractivity contribution in [1.82, 2.24) is 10.6 Å². The number of nitrogens with zero attached hydrogens (tertiary/aromatic N) is 1. The van der Waals surface area contributed by atoms with Gasteiger partial charge in [0, 0.05) is 43.7 Å². The summed E-state index contributed by atoms with van der Waals surface area (Å²) < 4.78 is 2.55. The summed E-state index contributed by atoms with van der Waals surface area (Å²) in [7, 11) is 0. The summed E-state index contributed by atoms with van der Waals surface area (Å²) in [6, 6.07) is 60.8. The lowest BCUT2D eigenvalue weighted by atomic mass is 9.95. The minimum Gasteiger partial charge on any atom is -0.355 e. The van der Waals surface area contributed by atoms with E-state index in [-0.39, 0.29) is 12.3 Å². The molecule has 8 aromatic rings. The second-order valence-electron chi connectivity index (χ2n) is 12.8. The van der Waals surface area contributed by atoms with Gasteiger partial charge in [-0.3, -0.25) is 10.6 Å². The molecule has 0 saturated heterocycles. The number of hydrogen-bond acceptors (Lipinski definition) is 6. The van der Waals surface area contributed by atoms with E-state index in [1.54, 1.807) is 0 Å². The van der Waals surface area contributed by atoms with Crippen LogP contribution < -0.4 is 21.7 Å². The third-order valence-corrected chi connectivity index (χ3v) is 10.6. The normalized spacial score (nSPS) is 12.4. The van der Waals surface area contributed by atoms with Gasteiger partial charge in [0.05, 0.1) is 24.0 Å². The lowest BCUT2D eigenvalue weighted by molar-refractivity contribution is 0.386. The molecule has 0 aliphatic heterocycles. The van der Waals surface area contributed by atoms with E-state index >= 15 is 0 Å². The molecule has 0 amide bonds. The second kappa shape index (κ2) is 15.0. The van der Waals surface area contributed by atoms with Gasteiger partial charge in [-0.2, -0.15) is 5.26 Å². The van der Waals surface area contributed by atoms with Crippen molar-refractivity contribution < 1.29 is 0 Å². The fourth-order valence-electron chi connectivity index (χ4n) is 6.73. The molecule has 52 heavy (non-hydrogen) atoms. The molecule has 5 N–H and O–H groups in total. The van der Waals surface area contributed by atoms with Gasteiger partial charge < -0.3 is 11.1 Å². The average molecular weight is 692 g/mol. The molecule has 2 atom stereocenters. The summed E-state index contributed by atoms with van der Waals surface area (Å²) >= 11 is 1.83. The van der Waals surface area contributed by atoms with Crippen LogP contribution in [-0.2, 0) is 6.54 Å². The van der Waals surface area contributed by atoms with Gasteiger partial charge >= 0.3 is 0 Å². The Morgan fingerprint density at radius 1 is 0.615 bits per heavy atom. The number of hydrogen-bond donors (Lipinski definition) is 4. The second-order valence-corrected chi connectivity index (χ2v) is 13.9. The predicted octanol–water partition coefficient (Wildman–Crippen LogP) is 11.0. The lowest BCUT2D eigenvalue weighted by Gasteiger charge is -2.25. The Morgan fingerprint density at radius 2 is 1.33 bits per heavy atom. The van der Waals surface area contributed by atoms with E-state index in [1.807, 2.05) is 65.9 Å². The van der Waals surface area contributed by atoms with Crippen LogP contribution in [0.3, 0.4) is 0 Å². The largest absolute Gasteiger partial charge is 0.355 e. The van der Waals surface area contributed by atoms with Crippen LogP contribution in [-0.4, -0.2) is 0 Å². The number of nitriles is 1. The van der Waals surface area contributed by atoms with Gasteiger partial charge in [-0.25, -0.2) is 0 Å². The van der Waals surface area contributed by atoms with Crippen LogP contribution in [0.5, 0.6) is 0 Å². The Balaban J connectivity index is 1.12. The van der Waals surface area contributed by atoms with Crippen LogP contribution in [0.1, 0.15) is 34.6 Å². The number of anilines is 2. The van der Waals surface area contributed by atoms with Crippen molar-refractivity contribution in [2.24, 2.45) is 5.73 Å². The van der Waals surface area contributed by atoms with Crippen LogP contribution in [0.4, 0.5) is 11.4 Å². The van der Waals surface area contributed by atoms with Gasteiger partial charge in [0.25, 0.3) is 0 Å². The summed E-state index contributed by atoms with van der Waals surface area (Å²) in [4.78, 5) is 0. The first kappa shape index (κ1) is 33.1. The van der Waals surface area contributed by atoms with Gasteiger partial charge in [0.1, 0.15) is 0 Å². The Kier molecular flexibility index (Phi) is 9.57. The Bertz CT molecular complexity index is 2500. The molecule has 2 unspecified atom stereocenters. The molecule has 0 radical (unpaired) electrons. The summed E-state index contributed by atoms with van der Waals surface area (Å²) in [5, 5.41) is 23.2. The Hall–Kier alpha value is -6.07. The van der Waals surface area contributed by atoms with Gasteiger partial charge in [0.15, 0.2) is 0 Å². The first-order valence-corrected chi connectivity index (χ1v) is 18.2. The minimum absolute atomic E-state index is 0.190. The molecule has 0 aliphatic carbocycles. The first-order chi connectivity index (χ1) is 25.6. The maximum atomic E-state index is 9.74. The van der Waals surface area contributed by atoms with E-state index in [0.29, 0.717) is 12.1 Å². The van der Waals surface area contributed by atoms with Gasteiger partial charge in [-0.15, -0.1) is 11.3 Å². The quantitative estimate of drug-likeness (QED) is 0.101. The fraction of sp³-hybridized carbons (Fsp3) is 0.0652. The highest BCUT2D eigenvalue weighted by Gasteiger charge is 2.17. The molecule has 0 saturated carbocycles. The zero-order valence-corrected chi connectivity index (χ0v) is 29.3. The van der Waals surface area contributed by atoms with E-state index in [1.165, 1.54) is 31.3 Å². The standard InChI is InChI=1S/C46H37N5S/c47-29-32-13-9-16-35(27-32)41-28-36(38-18-10-19-40-39-17-7-8-20-43(39)52-44(38)40)23-26-42(41)50-37-24-21-34(22-25-37)46(49-30-31-11-3-1-4-12-31)51-45(48)33-14-5-2-6-15-33/h1-28,45-46,49-51H,30,48H2. The van der Waals surface area contributed by atoms with Crippen LogP contribution >= 0.6 is 11.3 Å². The Labute approximate surface area is 308 Å². The highest BCUT2D eigenvalue weighted by atomic mass is 32.1. The predicted molar refractivity (Wildman–Crippen MR) is 217 cm³/mol. The summed E-state index contributed by atoms with van der Waals surface area (Å²) in [6.45, 7) is 0.687. The molecular weight excluding hydrogens is 655 g/mol. The topological polar surface area (TPSA) is 85.9 Å². The summed E-state index contributed by atoms with van der Waals surface area (Å²) in [5.41, 5.74) is 16.8. The van der Waals surface area contributed by atoms with Crippen LogP contribution in [0.15, 0.2) is 170 Å². The molecule has 1 aromatic heterocycles. The molecule has 0 bridgehead atoms. The molecule has 5 nitrogen and oxygen atoms in total. The Morgan fingerprint density at radius 3 is 2.13 bits per heavy atom. The molecule has 0 spiro atoms. The van der Waals surface area contributed by atoms with Crippen LogP contribution in [0.2, 0.25) is 0 Å². The molecule has 8 rings (SSSR count). The summed E-state index contributed by atoms with van der Waals surface area (Å²) in [6.07, 6.45) is -0.541. The monoisotopic (exact) mass is 691 g/mol. The highest BCUT2D eigenvalue weighted by Crippen LogP contribution is 2.42. The zero-order chi connectivity index (χ0) is 35.3. The van der Waals surface area contributed by atoms with Crippen LogP contribution in [0.25, 0.3) is 42.4 Å². The first-order valence-electron chi connectivity index (χ1n) is 17.4. The number of thiophene rings is 1. The maximum absolute atomic E-state index is 9.74. The third kappa shape index (κ3) is 7.08. The zero-order valence-electron chi connectivity index (χ0n) is 28.5. The van der Waals surface area contributed by atoms with Gasteiger partial charge in [0.2, 0.25) is 0 Å². The van der Waals surface area contributed by atoms with Crippen molar-refractivity contribution in [3.63, 3.8) is 0 Å². The number of benzene rings is 7. The van der Waals surface area contributed by atoms with Crippen molar-refractivity contribution in [2.45, 2.75) is 18.9 Å². The van der Waals surface area contributed by atoms with Crippen molar-refractivity contribution in [3.8, 4) is 28.3 Å². The van der Waals surface area contributed by atoms with Crippen molar-refractivity contribution in [1.29, 1.82) is 5.26 Å². The number of nitrogens with one attached hydrogen (secondary N) is 3. The van der Waals surface area contributed by atoms with Crippen LogP contribution in [0, 0.1) is 11.3 Å². The molecular formula is C46H37N5S. The highest BCUT2D eigenvalue weighted by molar-refractivity contribution is 7.26. The maximum Gasteiger partial charge on any atom is 0.0991 e. The number of nitrogens with two attached hydrogens (primary N) is 1. The van der Waals surface area contributed by atoms with Crippen molar-refractivity contribution >= 4 is 42.9 Å². The molecule has 252 valence electrons. The fourth-order valence-corrected chi connectivity index (χ4v) is 7.97. The van der Waals surface area contributed by atoms with Gasteiger partial charge in [-0.1, -0.05) is 127 Å². The van der Waals surface area contributed by atoms with E-state index in [4.69, 9.17) is 5.73 Å². The number of rotatable bonds is 11. The SMILES string of the molecule is N#Cc1cccc(-c2cc(-c3cccc4c3sc3ccccc34)ccc2Nc2ccc(C(NCc3ccccc3)NC(N)c3ccccc3)cc2)c1. The summed E-state index contributed by atoms with van der Waals surface area (Å²) in [5.74, 6) is 0. The minimum atomic E-state index is -0.351. The van der Waals surface area contributed by atoms with E-state index in [9.17, 15) is 5.26 Å². The van der Waals surface area contributed by atoms with E-state index in [2.05, 4.69) is 137 Å². The van der Waals surface area contributed by atoms with E-state index < -0.39 is 0 Å². The molecule has 6 heteroatoms. The molecule has 1 heterocycles.